The second-order valence-corrected chi connectivity index (χ2v) is 8.14. The zero-order valence-corrected chi connectivity index (χ0v) is 13.6. The summed E-state index contributed by atoms with van der Waals surface area (Å²) >= 11 is 0. The number of carbonyl (C=O) groups excluding carboxylic acids is 1. The monoisotopic (exact) mass is 297 g/mol. The van der Waals surface area contributed by atoms with Crippen molar-refractivity contribution in [2.75, 3.05) is 6.54 Å². The largest absolute Gasteiger partial charge is 0.356 e. The molecule has 0 aliphatic heterocycles. The zero-order chi connectivity index (χ0) is 15.2. The van der Waals surface area contributed by atoms with Crippen LogP contribution in [0.5, 0.6) is 0 Å². The van der Waals surface area contributed by atoms with Crippen molar-refractivity contribution < 1.29 is 4.79 Å². The molecule has 4 saturated carbocycles. The molecule has 5 rings (SSSR count). The average Bonchev–Trinajstić information content (AvgIpc) is 2.52. The lowest BCUT2D eigenvalue weighted by Crippen LogP contribution is -2.59. The molecule has 1 amide bonds. The molecule has 0 radical (unpaired) electrons. The van der Waals surface area contributed by atoms with E-state index in [9.17, 15) is 4.79 Å². The molecule has 4 bridgehead atoms. The lowest BCUT2D eigenvalue weighted by atomic mass is 9.42. The quantitative estimate of drug-likeness (QED) is 0.892. The minimum absolute atomic E-state index is 0.0743. The normalized spacial score (nSPS) is 39.0. The molecule has 1 aromatic rings. The van der Waals surface area contributed by atoms with Crippen molar-refractivity contribution in [3.05, 3.63) is 35.9 Å². The van der Waals surface area contributed by atoms with Crippen LogP contribution in [0, 0.1) is 17.3 Å². The molecule has 0 aromatic heterocycles. The summed E-state index contributed by atoms with van der Waals surface area (Å²) in [6.45, 7) is 2.96. The number of rotatable bonds is 4. The van der Waals surface area contributed by atoms with Crippen LogP contribution >= 0.6 is 0 Å². The van der Waals surface area contributed by atoms with Crippen LogP contribution in [0.4, 0.5) is 0 Å². The van der Waals surface area contributed by atoms with Gasteiger partial charge in [-0.15, -0.1) is 0 Å². The number of nitrogens with one attached hydrogen (secondary N) is 1. The number of hydrogen-bond acceptors (Lipinski definition) is 1. The van der Waals surface area contributed by atoms with Crippen molar-refractivity contribution in [3.63, 3.8) is 0 Å². The predicted molar refractivity (Wildman–Crippen MR) is 88.5 cm³/mol. The highest BCUT2D eigenvalue weighted by atomic mass is 16.2. The fourth-order valence-corrected chi connectivity index (χ4v) is 6.08. The molecule has 22 heavy (non-hydrogen) atoms. The minimum Gasteiger partial charge on any atom is -0.356 e. The van der Waals surface area contributed by atoms with Crippen LogP contribution in [-0.2, 0) is 10.2 Å². The standard InChI is InChI=1S/C20H27NO/c1-2-8-21-18(22)20-12-15-9-16(13-20)11-19(10-15,14-20)17-6-4-3-5-7-17/h3-7,15-16H,2,8-14H2,1H3,(H,21,22). The maximum atomic E-state index is 12.9. The average molecular weight is 297 g/mol. The molecule has 4 fully saturated rings. The lowest BCUT2D eigenvalue weighted by Gasteiger charge is -2.61. The Kier molecular flexibility index (Phi) is 3.32. The van der Waals surface area contributed by atoms with Crippen molar-refractivity contribution in [2.24, 2.45) is 17.3 Å². The highest BCUT2D eigenvalue weighted by molar-refractivity contribution is 5.83. The SMILES string of the molecule is CCCNC(=O)C12CC3CC(C1)CC(c1ccccc1)(C3)C2. The van der Waals surface area contributed by atoms with Gasteiger partial charge in [0.1, 0.15) is 0 Å². The maximum absolute atomic E-state index is 12.9. The van der Waals surface area contributed by atoms with Crippen molar-refractivity contribution in [1.29, 1.82) is 0 Å². The number of amides is 1. The zero-order valence-electron chi connectivity index (χ0n) is 13.6. The first-order valence-electron chi connectivity index (χ1n) is 9.00. The fourth-order valence-electron chi connectivity index (χ4n) is 6.08. The molecular formula is C20H27NO. The molecule has 2 heteroatoms. The first-order chi connectivity index (χ1) is 10.7. The third-order valence-corrected chi connectivity index (χ3v) is 6.46. The van der Waals surface area contributed by atoms with Gasteiger partial charge in [0.15, 0.2) is 0 Å². The lowest BCUT2D eigenvalue weighted by molar-refractivity contribution is -0.149. The van der Waals surface area contributed by atoms with Gasteiger partial charge in [0, 0.05) is 6.54 Å². The molecule has 0 saturated heterocycles. The molecule has 2 atom stereocenters. The summed E-state index contributed by atoms with van der Waals surface area (Å²) in [7, 11) is 0. The van der Waals surface area contributed by atoms with Gasteiger partial charge < -0.3 is 5.32 Å². The molecule has 0 heterocycles. The van der Waals surface area contributed by atoms with Crippen LogP contribution in [0.2, 0.25) is 0 Å². The summed E-state index contributed by atoms with van der Waals surface area (Å²) in [4.78, 5) is 12.9. The van der Waals surface area contributed by atoms with E-state index in [-0.39, 0.29) is 10.8 Å². The highest BCUT2D eigenvalue weighted by Crippen LogP contribution is 2.65. The Morgan fingerprint density at radius 1 is 1.14 bits per heavy atom. The Morgan fingerprint density at radius 3 is 2.45 bits per heavy atom. The van der Waals surface area contributed by atoms with E-state index >= 15 is 0 Å². The van der Waals surface area contributed by atoms with Crippen LogP contribution in [0.25, 0.3) is 0 Å². The second-order valence-electron chi connectivity index (χ2n) is 8.14. The van der Waals surface area contributed by atoms with E-state index in [1.54, 1.807) is 0 Å². The van der Waals surface area contributed by atoms with Crippen LogP contribution in [0.1, 0.15) is 57.4 Å². The van der Waals surface area contributed by atoms with E-state index in [0.717, 1.165) is 44.1 Å². The number of hydrogen-bond donors (Lipinski definition) is 1. The Morgan fingerprint density at radius 2 is 1.82 bits per heavy atom. The van der Waals surface area contributed by atoms with Crippen LogP contribution in [0.15, 0.2) is 30.3 Å². The van der Waals surface area contributed by atoms with Crippen molar-refractivity contribution in [2.45, 2.75) is 57.3 Å². The summed E-state index contributed by atoms with van der Waals surface area (Å²) in [5.74, 6) is 1.87. The number of carbonyl (C=O) groups is 1. The van der Waals surface area contributed by atoms with Crippen molar-refractivity contribution >= 4 is 5.91 Å². The van der Waals surface area contributed by atoms with Gasteiger partial charge in [-0.25, -0.2) is 0 Å². The molecule has 4 aliphatic rings. The maximum Gasteiger partial charge on any atom is 0.226 e. The smallest absolute Gasteiger partial charge is 0.226 e. The molecule has 0 spiro atoms. The summed E-state index contributed by atoms with van der Waals surface area (Å²) in [6.07, 6.45) is 8.33. The van der Waals surface area contributed by atoms with E-state index in [0.29, 0.717) is 5.91 Å². The third-order valence-electron chi connectivity index (χ3n) is 6.46. The first-order valence-corrected chi connectivity index (χ1v) is 9.00. The molecule has 2 unspecified atom stereocenters. The molecule has 4 aliphatic carbocycles. The van der Waals surface area contributed by atoms with Gasteiger partial charge in [-0.05, 0) is 67.8 Å². The minimum atomic E-state index is -0.0743. The van der Waals surface area contributed by atoms with Gasteiger partial charge in [-0.1, -0.05) is 37.3 Å². The predicted octanol–water partition coefficient (Wildman–Crippen LogP) is 4.05. The van der Waals surface area contributed by atoms with Crippen LogP contribution < -0.4 is 5.32 Å². The summed E-state index contributed by atoms with van der Waals surface area (Å²) < 4.78 is 0. The Labute approximate surface area is 133 Å². The summed E-state index contributed by atoms with van der Waals surface area (Å²) in [5.41, 5.74) is 1.68. The van der Waals surface area contributed by atoms with Gasteiger partial charge in [0.25, 0.3) is 0 Å². The summed E-state index contributed by atoms with van der Waals surface area (Å²) in [5, 5.41) is 3.22. The number of benzene rings is 1. The van der Waals surface area contributed by atoms with Gasteiger partial charge in [0.05, 0.1) is 5.41 Å². The topological polar surface area (TPSA) is 29.1 Å². The van der Waals surface area contributed by atoms with Crippen LogP contribution in [0.3, 0.4) is 0 Å². The van der Waals surface area contributed by atoms with Gasteiger partial charge in [-0.3, -0.25) is 4.79 Å². The van der Waals surface area contributed by atoms with Crippen molar-refractivity contribution in [1.82, 2.24) is 5.32 Å². The Hall–Kier alpha value is -1.31. The fraction of sp³-hybridized carbons (Fsp3) is 0.650. The molecular weight excluding hydrogens is 270 g/mol. The summed E-state index contributed by atoms with van der Waals surface area (Å²) in [6, 6.07) is 11.0. The molecule has 118 valence electrons. The van der Waals surface area contributed by atoms with E-state index in [1.165, 1.54) is 24.8 Å². The van der Waals surface area contributed by atoms with E-state index in [1.807, 2.05) is 0 Å². The third kappa shape index (κ3) is 2.11. The first kappa shape index (κ1) is 14.3. The van der Waals surface area contributed by atoms with Gasteiger partial charge >= 0.3 is 0 Å². The van der Waals surface area contributed by atoms with E-state index in [2.05, 4.69) is 42.6 Å². The van der Waals surface area contributed by atoms with Crippen molar-refractivity contribution in [3.8, 4) is 0 Å². The second kappa shape index (κ2) is 5.11. The Bertz CT molecular complexity index is 550. The van der Waals surface area contributed by atoms with E-state index < -0.39 is 0 Å². The highest BCUT2D eigenvalue weighted by Gasteiger charge is 2.60. The Balaban J connectivity index is 1.68. The molecule has 1 aromatic carbocycles. The van der Waals surface area contributed by atoms with Gasteiger partial charge in [-0.2, -0.15) is 0 Å². The molecule has 2 nitrogen and oxygen atoms in total. The van der Waals surface area contributed by atoms with E-state index in [4.69, 9.17) is 0 Å². The van der Waals surface area contributed by atoms with Crippen LogP contribution in [-0.4, -0.2) is 12.5 Å². The van der Waals surface area contributed by atoms with Gasteiger partial charge in [0.2, 0.25) is 5.91 Å². The molecule has 1 N–H and O–H groups in total.